The molecule has 108 valence electrons. The molecule has 0 spiro atoms. The molecule has 2 rings (SSSR count). The van der Waals surface area contributed by atoms with Gasteiger partial charge in [0.15, 0.2) is 5.92 Å². The third-order valence-electron chi connectivity index (χ3n) is 2.84. The van der Waals surface area contributed by atoms with Gasteiger partial charge in [0.1, 0.15) is 5.69 Å². The molecule has 20 heavy (non-hydrogen) atoms. The maximum atomic E-state index is 11.8. The lowest BCUT2D eigenvalue weighted by molar-refractivity contribution is -0.239. The van der Waals surface area contributed by atoms with Gasteiger partial charge in [0.2, 0.25) is 0 Å². The average Bonchev–Trinajstić information content (AvgIpc) is 2.80. The van der Waals surface area contributed by atoms with Crippen LogP contribution in [-0.4, -0.2) is 35.8 Å². The highest BCUT2D eigenvalue weighted by atomic mass is 16.7. The van der Waals surface area contributed by atoms with E-state index in [4.69, 9.17) is 9.47 Å². The fraction of sp³-hybridized carbons (Fsp3) is 0.462. The molecule has 1 aliphatic heterocycles. The summed E-state index contributed by atoms with van der Waals surface area (Å²) in [6.45, 7) is 2.98. The quantitative estimate of drug-likeness (QED) is 0.650. The highest BCUT2D eigenvalue weighted by Gasteiger charge is 2.43. The van der Waals surface area contributed by atoms with Crippen molar-refractivity contribution in [1.29, 1.82) is 0 Å². The number of methoxy groups -OCH3 is 1. The molecule has 1 aromatic rings. The summed E-state index contributed by atoms with van der Waals surface area (Å²) in [4.78, 5) is 37.7. The van der Waals surface area contributed by atoms with Gasteiger partial charge in [-0.1, -0.05) is 0 Å². The van der Waals surface area contributed by atoms with Gasteiger partial charge in [-0.3, -0.25) is 9.59 Å². The van der Waals surface area contributed by atoms with Crippen LogP contribution in [0.15, 0.2) is 12.1 Å². The first-order valence-corrected chi connectivity index (χ1v) is 6.04. The molecule has 1 saturated heterocycles. The number of hydrogen-bond donors (Lipinski definition) is 1. The molecule has 2 heterocycles. The van der Waals surface area contributed by atoms with Crippen LogP contribution in [0.2, 0.25) is 0 Å². The van der Waals surface area contributed by atoms with Gasteiger partial charge in [0.05, 0.1) is 7.11 Å². The predicted octanol–water partition coefficient (Wildman–Crippen LogP) is 0.796. The fourth-order valence-corrected chi connectivity index (χ4v) is 1.92. The molecule has 7 heteroatoms. The van der Waals surface area contributed by atoms with Crippen LogP contribution in [0.25, 0.3) is 0 Å². The minimum absolute atomic E-state index is 0.0741. The van der Waals surface area contributed by atoms with Gasteiger partial charge in [-0.25, -0.2) is 4.79 Å². The molecule has 1 N–H and O–H groups in total. The number of carbonyl (C=O) groups is 3. The number of esters is 3. The SMILES string of the molecule is COC(=O)c1ccc(CC2C(=O)OC(C)(C)OC2=O)[nH]1. The molecule has 0 bridgehead atoms. The van der Waals surface area contributed by atoms with E-state index in [-0.39, 0.29) is 12.1 Å². The number of nitrogens with one attached hydrogen (secondary N) is 1. The zero-order valence-electron chi connectivity index (χ0n) is 11.4. The summed E-state index contributed by atoms with van der Waals surface area (Å²) in [5, 5.41) is 0. The van der Waals surface area contributed by atoms with Crippen LogP contribution in [0.5, 0.6) is 0 Å². The molecule has 0 aliphatic carbocycles. The average molecular weight is 281 g/mol. The van der Waals surface area contributed by atoms with Gasteiger partial charge in [-0.2, -0.15) is 0 Å². The van der Waals surface area contributed by atoms with Crippen molar-refractivity contribution in [3.05, 3.63) is 23.5 Å². The lowest BCUT2D eigenvalue weighted by Crippen LogP contribution is -2.47. The normalized spacial score (nSPS) is 18.4. The minimum Gasteiger partial charge on any atom is -0.464 e. The molecule has 1 fully saturated rings. The molecule has 1 aromatic heterocycles. The number of aromatic amines is 1. The summed E-state index contributed by atoms with van der Waals surface area (Å²) in [6, 6.07) is 3.12. The summed E-state index contributed by atoms with van der Waals surface area (Å²) in [5.41, 5.74) is 0.796. The molecular weight excluding hydrogens is 266 g/mol. The first-order valence-electron chi connectivity index (χ1n) is 6.04. The van der Waals surface area contributed by atoms with Crippen molar-refractivity contribution in [2.24, 2.45) is 5.92 Å². The van der Waals surface area contributed by atoms with Crippen LogP contribution in [0, 0.1) is 5.92 Å². The Hall–Kier alpha value is -2.31. The highest BCUT2D eigenvalue weighted by molar-refractivity contribution is 5.97. The molecule has 0 unspecified atom stereocenters. The second kappa shape index (κ2) is 4.99. The van der Waals surface area contributed by atoms with Crippen molar-refractivity contribution >= 4 is 17.9 Å². The maximum Gasteiger partial charge on any atom is 0.354 e. The summed E-state index contributed by atoms with van der Waals surface area (Å²) in [6.07, 6.45) is 0.0741. The van der Waals surface area contributed by atoms with E-state index in [1.54, 1.807) is 6.07 Å². The standard InChI is InChI=1S/C13H15NO6/c1-13(2)19-10(15)8(11(16)20-13)6-7-4-5-9(14-7)12(17)18-3/h4-5,8,14H,6H2,1-3H3. The Morgan fingerprint density at radius 1 is 1.30 bits per heavy atom. The maximum absolute atomic E-state index is 11.8. The summed E-state index contributed by atoms with van der Waals surface area (Å²) in [5.74, 6) is -4.07. The molecule has 0 amide bonds. The van der Waals surface area contributed by atoms with E-state index in [2.05, 4.69) is 9.72 Å². The van der Waals surface area contributed by atoms with E-state index in [1.807, 2.05) is 0 Å². The molecule has 0 aromatic carbocycles. The Morgan fingerprint density at radius 3 is 2.45 bits per heavy atom. The third kappa shape index (κ3) is 2.81. The lowest BCUT2D eigenvalue weighted by atomic mass is 10.0. The lowest BCUT2D eigenvalue weighted by Gasteiger charge is -2.32. The van der Waals surface area contributed by atoms with Gasteiger partial charge in [-0.15, -0.1) is 0 Å². The van der Waals surface area contributed by atoms with E-state index in [9.17, 15) is 14.4 Å². The van der Waals surface area contributed by atoms with Crippen molar-refractivity contribution in [1.82, 2.24) is 4.98 Å². The van der Waals surface area contributed by atoms with Crippen molar-refractivity contribution in [2.75, 3.05) is 7.11 Å². The monoisotopic (exact) mass is 281 g/mol. The fourth-order valence-electron chi connectivity index (χ4n) is 1.92. The zero-order valence-corrected chi connectivity index (χ0v) is 11.4. The van der Waals surface area contributed by atoms with Crippen LogP contribution in [-0.2, 0) is 30.2 Å². The Balaban J connectivity index is 2.10. The summed E-state index contributed by atoms with van der Waals surface area (Å²) >= 11 is 0. The van der Waals surface area contributed by atoms with Crippen LogP contribution < -0.4 is 0 Å². The minimum atomic E-state index is -1.24. The largest absolute Gasteiger partial charge is 0.464 e. The van der Waals surface area contributed by atoms with Gasteiger partial charge in [-0.05, 0) is 12.1 Å². The van der Waals surface area contributed by atoms with Gasteiger partial charge >= 0.3 is 17.9 Å². The van der Waals surface area contributed by atoms with E-state index in [0.29, 0.717) is 5.69 Å². The van der Waals surface area contributed by atoms with Gasteiger partial charge in [0, 0.05) is 26.0 Å². The van der Waals surface area contributed by atoms with Crippen LogP contribution in [0.3, 0.4) is 0 Å². The van der Waals surface area contributed by atoms with E-state index >= 15 is 0 Å². The second-order valence-electron chi connectivity index (χ2n) is 4.89. The Morgan fingerprint density at radius 2 is 1.90 bits per heavy atom. The highest BCUT2D eigenvalue weighted by Crippen LogP contribution is 2.25. The smallest absolute Gasteiger partial charge is 0.354 e. The molecule has 0 radical (unpaired) electrons. The molecule has 0 atom stereocenters. The molecule has 7 nitrogen and oxygen atoms in total. The Kier molecular flexibility index (Phi) is 3.52. The van der Waals surface area contributed by atoms with Gasteiger partial charge < -0.3 is 19.2 Å². The number of cyclic esters (lactones) is 2. The van der Waals surface area contributed by atoms with E-state index in [0.717, 1.165) is 0 Å². The van der Waals surface area contributed by atoms with Crippen molar-refractivity contribution in [3.8, 4) is 0 Å². The van der Waals surface area contributed by atoms with Crippen LogP contribution in [0.1, 0.15) is 30.0 Å². The second-order valence-corrected chi connectivity index (χ2v) is 4.89. The Bertz CT molecular complexity index is 539. The topological polar surface area (TPSA) is 94.7 Å². The number of H-pyrrole nitrogens is 1. The Labute approximate surface area is 115 Å². The number of hydrogen-bond acceptors (Lipinski definition) is 6. The van der Waals surface area contributed by atoms with E-state index < -0.39 is 29.6 Å². The summed E-state index contributed by atoms with van der Waals surface area (Å²) < 4.78 is 14.6. The summed E-state index contributed by atoms with van der Waals surface area (Å²) in [7, 11) is 1.26. The number of carbonyl (C=O) groups excluding carboxylic acids is 3. The zero-order chi connectivity index (χ0) is 14.9. The molecular formula is C13H15NO6. The molecule has 1 aliphatic rings. The van der Waals surface area contributed by atoms with Crippen LogP contribution in [0.4, 0.5) is 0 Å². The first kappa shape index (κ1) is 14.1. The van der Waals surface area contributed by atoms with Crippen LogP contribution >= 0.6 is 0 Å². The van der Waals surface area contributed by atoms with Gasteiger partial charge in [0.25, 0.3) is 5.79 Å². The van der Waals surface area contributed by atoms with Crippen molar-refractivity contribution in [3.63, 3.8) is 0 Å². The number of rotatable bonds is 3. The number of ether oxygens (including phenoxy) is 3. The number of aromatic nitrogens is 1. The first-order chi connectivity index (χ1) is 9.32. The van der Waals surface area contributed by atoms with E-state index in [1.165, 1.54) is 27.0 Å². The third-order valence-corrected chi connectivity index (χ3v) is 2.84. The molecule has 0 saturated carbocycles. The van der Waals surface area contributed by atoms with Crippen molar-refractivity contribution < 1.29 is 28.6 Å². The van der Waals surface area contributed by atoms with Crippen molar-refractivity contribution in [2.45, 2.75) is 26.1 Å². The predicted molar refractivity (Wildman–Crippen MR) is 65.6 cm³/mol.